The Morgan fingerprint density at radius 2 is 2.00 bits per heavy atom. The van der Waals surface area contributed by atoms with Crippen molar-refractivity contribution in [3.8, 4) is 0 Å². The van der Waals surface area contributed by atoms with Gasteiger partial charge in [-0.05, 0) is 25.7 Å². The van der Waals surface area contributed by atoms with Crippen molar-refractivity contribution in [1.29, 1.82) is 0 Å². The highest BCUT2D eigenvalue weighted by Crippen LogP contribution is 2.21. The fraction of sp³-hybridized carbons (Fsp3) is 0.750. The zero-order valence-electron chi connectivity index (χ0n) is 10.7. The highest BCUT2D eigenvalue weighted by molar-refractivity contribution is 5.34. The van der Waals surface area contributed by atoms with Gasteiger partial charge in [-0.15, -0.1) is 5.10 Å². The van der Waals surface area contributed by atoms with E-state index in [0.717, 1.165) is 43.1 Å². The molecule has 2 rings (SSSR count). The predicted molar refractivity (Wildman–Crippen MR) is 68.0 cm³/mol. The van der Waals surface area contributed by atoms with Gasteiger partial charge in [-0.25, -0.2) is 4.98 Å². The monoisotopic (exact) mass is 235 g/mol. The Kier molecular flexibility index (Phi) is 3.89. The van der Waals surface area contributed by atoms with Crippen LogP contribution in [0.15, 0.2) is 0 Å². The van der Waals surface area contributed by atoms with Gasteiger partial charge in [0.1, 0.15) is 0 Å². The van der Waals surface area contributed by atoms with Crippen molar-refractivity contribution >= 4 is 5.95 Å². The van der Waals surface area contributed by atoms with Gasteiger partial charge in [0, 0.05) is 19.1 Å². The molecule has 2 heterocycles. The molecule has 2 N–H and O–H groups in total. The van der Waals surface area contributed by atoms with E-state index in [2.05, 4.69) is 33.9 Å². The third-order valence-electron chi connectivity index (χ3n) is 3.40. The molecule has 1 fully saturated rings. The largest absolute Gasteiger partial charge is 0.335 e. The van der Waals surface area contributed by atoms with E-state index >= 15 is 0 Å². The van der Waals surface area contributed by atoms with Crippen LogP contribution in [0.25, 0.3) is 0 Å². The number of nitrogens with zero attached hydrogens (tertiary/aromatic N) is 4. The molecule has 1 unspecified atom stereocenters. The Bertz CT molecular complexity index is 379. The highest BCUT2D eigenvalue weighted by Gasteiger charge is 2.26. The highest BCUT2D eigenvalue weighted by atomic mass is 15.3. The second-order valence-electron chi connectivity index (χ2n) is 4.44. The maximum Gasteiger partial charge on any atom is 0.245 e. The van der Waals surface area contributed by atoms with Crippen molar-refractivity contribution in [2.24, 2.45) is 5.73 Å². The molecule has 0 amide bonds. The molecule has 1 aliphatic heterocycles. The summed E-state index contributed by atoms with van der Waals surface area (Å²) in [6, 6.07) is 0.383. The van der Waals surface area contributed by atoms with Crippen molar-refractivity contribution in [2.75, 3.05) is 18.0 Å². The summed E-state index contributed by atoms with van der Waals surface area (Å²) in [5.41, 5.74) is 7.85. The second kappa shape index (κ2) is 5.40. The summed E-state index contributed by atoms with van der Waals surface area (Å²) in [6.45, 7) is 5.86. The number of rotatable bonds is 4. The quantitative estimate of drug-likeness (QED) is 0.840. The van der Waals surface area contributed by atoms with Crippen LogP contribution in [-0.4, -0.2) is 34.3 Å². The van der Waals surface area contributed by atoms with Gasteiger partial charge in [0.15, 0.2) is 0 Å². The Hall–Kier alpha value is -1.23. The van der Waals surface area contributed by atoms with Crippen LogP contribution >= 0.6 is 0 Å². The fourth-order valence-corrected chi connectivity index (χ4v) is 2.39. The summed E-state index contributed by atoms with van der Waals surface area (Å²) in [5, 5.41) is 8.53. The average molecular weight is 235 g/mol. The normalized spacial score (nSPS) is 19.9. The number of aryl methyl sites for hydroxylation is 2. The first-order chi connectivity index (χ1) is 8.30. The molecule has 5 heteroatoms. The van der Waals surface area contributed by atoms with Crippen LogP contribution in [-0.2, 0) is 12.8 Å². The fourth-order valence-electron chi connectivity index (χ4n) is 2.39. The Morgan fingerprint density at radius 3 is 2.65 bits per heavy atom. The third-order valence-corrected chi connectivity index (χ3v) is 3.40. The molecule has 1 aliphatic rings. The van der Waals surface area contributed by atoms with Crippen LogP contribution in [0.3, 0.4) is 0 Å². The topological polar surface area (TPSA) is 67.9 Å². The maximum atomic E-state index is 5.77. The van der Waals surface area contributed by atoms with Crippen LogP contribution in [0.1, 0.15) is 38.1 Å². The van der Waals surface area contributed by atoms with Crippen LogP contribution in [0, 0.1) is 0 Å². The number of hydrogen-bond donors (Lipinski definition) is 1. The van der Waals surface area contributed by atoms with Gasteiger partial charge in [0.05, 0.1) is 11.4 Å². The molecule has 0 aromatic carbocycles. The zero-order valence-corrected chi connectivity index (χ0v) is 10.7. The van der Waals surface area contributed by atoms with E-state index in [0.29, 0.717) is 12.6 Å². The molecule has 1 atom stereocenters. The first kappa shape index (κ1) is 12.2. The molecule has 1 aromatic rings. The van der Waals surface area contributed by atoms with Gasteiger partial charge in [0.25, 0.3) is 0 Å². The third kappa shape index (κ3) is 2.39. The van der Waals surface area contributed by atoms with E-state index in [4.69, 9.17) is 5.73 Å². The summed E-state index contributed by atoms with van der Waals surface area (Å²) in [6.07, 6.45) is 4.11. The first-order valence-corrected chi connectivity index (χ1v) is 6.49. The van der Waals surface area contributed by atoms with Crippen molar-refractivity contribution in [3.05, 3.63) is 11.4 Å². The molecule has 0 aliphatic carbocycles. The molecule has 1 saturated heterocycles. The van der Waals surface area contributed by atoms with Crippen molar-refractivity contribution in [1.82, 2.24) is 15.2 Å². The maximum absolute atomic E-state index is 5.77. The Labute approximate surface area is 102 Å². The first-order valence-electron chi connectivity index (χ1n) is 6.49. The number of hydrogen-bond acceptors (Lipinski definition) is 5. The molecular formula is C12H21N5. The molecule has 0 spiro atoms. The van der Waals surface area contributed by atoms with Crippen molar-refractivity contribution in [2.45, 2.75) is 45.6 Å². The van der Waals surface area contributed by atoms with Gasteiger partial charge in [-0.2, -0.15) is 5.10 Å². The van der Waals surface area contributed by atoms with Gasteiger partial charge in [0.2, 0.25) is 5.95 Å². The van der Waals surface area contributed by atoms with Gasteiger partial charge in [-0.3, -0.25) is 0 Å². The minimum atomic E-state index is 0.383. The van der Waals surface area contributed by atoms with Crippen LogP contribution in [0.4, 0.5) is 5.95 Å². The van der Waals surface area contributed by atoms with Gasteiger partial charge < -0.3 is 10.6 Å². The van der Waals surface area contributed by atoms with Gasteiger partial charge >= 0.3 is 0 Å². The molecule has 5 nitrogen and oxygen atoms in total. The second-order valence-corrected chi connectivity index (χ2v) is 4.44. The molecule has 0 bridgehead atoms. The Balaban J connectivity index is 2.26. The predicted octanol–water partition coefficient (Wildman–Crippen LogP) is 0.924. The number of nitrogens with two attached hydrogens (primary N) is 1. The lowest BCUT2D eigenvalue weighted by Crippen LogP contribution is -2.37. The van der Waals surface area contributed by atoms with Crippen molar-refractivity contribution < 1.29 is 0 Å². The van der Waals surface area contributed by atoms with Crippen molar-refractivity contribution in [3.63, 3.8) is 0 Å². The summed E-state index contributed by atoms with van der Waals surface area (Å²) < 4.78 is 0. The summed E-state index contributed by atoms with van der Waals surface area (Å²) >= 11 is 0. The average Bonchev–Trinajstić information content (AvgIpc) is 2.86. The van der Waals surface area contributed by atoms with E-state index in [1.165, 1.54) is 6.42 Å². The summed E-state index contributed by atoms with van der Waals surface area (Å²) in [4.78, 5) is 6.84. The van der Waals surface area contributed by atoms with Crippen LogP contribution < -0.4 is 10.6 Å². The van der Waals surface area contributed by atoms with Gasteiger partial charge in [-0.1, -0.05) is 13.8 Å². The summed E-state index contributed by atoms with van der Waals surface area (Å²) in [7, 11) is 0. The minimum absolute atomic E-state index is 0.383. The minimum Gasteiger partial charge on any atom is -0.335 e. The smallest absolute Gasteiger partial charge is 0.245 e. The van der Waals surface area contributed by atoms with Crippen LogP contribution in [0.5, 0.6) is 0 Å². The summed E-state index contributed by atoms with van der Waals surface area (Å²) in [5.74, 6) is 0.756. The van der Waals surface area contributed by atoms with E-state index in [9.17, 15) is 0 Å². The lowest BCUT2D eigenvalue weighted by atomic mass is 10.2. The van der Waals surface area contributed by atoms with E-state index in [1.54, 1.807) is 0 Å². The Morgan fingerprint density at radius 1 is 1.24 bits per heavy atom. The van der Waals surface area contributed by atoms with E-state index < -0.39 is 0 Å². The molecule has 94 valence electrons. The van der Waals surface area contributed by atoms with Crippen LogP contribution in [0.2, 0.25) is 0 Å². The number of anilines is 1. The molecule has 0 saturated carbocycles. The van der Waals surface area contributed by atoms with E-state index in [1.807, 2.05) is 0 Å². The lowest BCUT2D eigenvalue weighted by Gasteiger charge is -2.23. The molecular weight excluding hydrogens is 214 g/mol. The van der Waals surface area contributed by atoms with E-state index in [-0.39, 0.29) is 0 Å². The lowest BCUT2D eigenvalue weighted by molar-refractivity contribution is 0.652. The molecule has 1 aromatic heterocycles. The molecule has 17 heavy (non-hydrogen) atoms. The zero-order chi connectivity index (χ0) is 12.3. The number of aromatic nitrogens is 3. The standard InChI is InChI=1S/C12H21N5/c1-3-10-11(4-2)15-16-12(14-10)17-7-5-6-9(17)8-13/h9H,3-8,13H2,1-2H3. The SMILES string of the molecule is CCc1nnc(N2CCCC2CN)nc1CC. The molecule has 0 radical (unpaired) electrons.